The second kappa shape index (κ2) is 5.10. The van der Waals surface area contributed by atoms with Gasteiger partial charge in [0.1, 0.15) is 0 Å². The van der Waals surface area contributed by atoms with E-state index < -0.39 is 5.60 Å². The number of benzene rings is 1. The van der Waals surface area contributed by atoms with Crippen LogP contribution in [0.15, 0.2) is 30.3 Å². The number of piperidine rings is 1. The highest BCUT2D eigenvalue weighted by atomic mass is 16.3. The first-order chi connectivity index (χ1) is 10.6. The maximum atomic E-state index is 10.9. The summed E-state index contributed by atoms with van der Waals surface area (Å²) in [6.45, 7) is 5.23. The van der Waals surface area contributed by atoms with E-state index in [0.29, 0.717) is 11.8 Å². The molecule has 0 radical (unpaired) electrons. The quantitative estimate of drug-likeness (QED) is 0.943. The molecule has 2 aliphatic rings. The summed E-state index contributed by atoms with van der Waals surface area (Å²) in [4.78, 5) is 2.51. The van der Waals surface area contributed by atoms with Crippen LogP contribution in [0.4, 0.5) is 0 Å². The molecule has 0 unspecified atom stereocenters. The number of likely N-dealkylation sites (tertiary alicyclic amines) is 1. The minimum Gasteiger partial charge on any atom is -0.389 e. The van der Waals surface area contributed by atoms with E-state index in [1.165, 1.54) is 29.4 Å². The van der Waals surface area contributed by atoms with E-state index in [2.05, 4.69) is 53.8 Å². The SMILES string of the molecule is C[C@@H]1CN(Cc2cc3ccccc3n2C)CC[C@@]1(O)C1CC1. The first-order valence-corrected chi connectivity index (χ1v) is 8.56. The van der Waals surface area contributed by atoms with Gasteiger partial charge in [0.15, 0.2) is 0 Å². The molecule has 118 valence electrons. The number of para-hydroxylation sites is 1. The van der Waals surface area contributed by atoms with Crippen molar-refractivity contribution in [2.24, 2.45) is 18.9 Å². The fraction of sp³-hybridized carbons (Fsp3) is 0.579. The molecule has 1 aromatic carbocycles. The van der Waals surface area contributed by atoms with Gasteiger partial charge in [-0.25, -0.2) is 0 Å². The molecule has 2 atom stereocenters. The lowest BCUT2D eigenvalue weighted by Gasteiger charge is -2.43. The number of nitrogens with zero attached hydrogens (tertiary/aromatic N) is 2. The van der Waals surface area contributed by atoms with Gasteiger partial charge in [0.05, 0.1) is 5.60 Å². The fourth-order valence-corrected chi connectivity index (χ4v) is 4.28. The van der Waals surface area contributed by atoms with E-state index in [-0.39, 0.29) is 0 Å². The van der Waals surface area contributed by atoms with Gasteiger partial charge in [-0.15, -0.1) is 0 Å². The van der Waals surface area contributed by atoms with Gasteiger partial charge in [0, 0.05) is 37.9 Å². The third-order valence-electron chi connectivity index (χ3n) is 5.93. The van der Waals surface area contributed by atoms with Crippen molar-refractivity contribution < 1.29 is 5.11 Å². The number of aryl methyl sites for hydroxylation is 1. The lowest BCUT2D eigenvalue weighted by Crippen LogP contribution is -2.51. The Kier molecular flexibility index (Phi) is 3.31. The Bertz CT molecular complexity index is 688. The molecule has 1 aromatic heterocycles. The highest BCUT2D eigenvalue weighted by Gasteiger charge is 2.49. The number of hydrogen-bond acceptors (Lipinski definition) is 2. The van der Waals surface area contributed by atoms with Crippen molar-refractivity contribution >= 4 is 10.9 Å². The van der Waals surface area contributed by atoms with Gasteiger partial charge in [0.25, 0.3) is 0 Å². The Balaban J connectivity index is 1.50. The van der Waals surface area contributed by atoms with Crippen LogP contribution in [-0.2, 0) is 13.6 Å². The minimum atomic E-state index is -0.393. The summed E-state index contributed by atoms with van der Waals surface area (Å²) in [5, 5.41) is 12.2. The van der Waals surface area contributed by atoms with E-state index in [4.69, 9.17) is 0 Å². The summed E-state index contributed by atoms with van der Waals surface area (Å²) in [7, 11) is 2.16. The summed E-state index contributed by atoms with van der Waals surface area (Å²) >= 11 is 0. The first kappa shape index (κ1) is 14.3. The van der Waals surface area contributed by atoms with E-state index in [1.807, 2.05) is 0 Å². The fourth-order valence-electron chi connectivity index (χ4n) is 4.28. The summed E-state index contributed by atoms with van der Waals surface area (Å²) in [6, 6.07) is 10.9. The predicted octanol–water partition coefficient (Wildman–Crippen LogP) is 3.16. The van der Waals surface area contributed by atoms with Crippen molar-refractivity contribution in [1.82, 2.24) is 9.47 Å². The molecule has 0 spiro atoms. The molecule has 3 nitrogen and oxygen atoms in total. The van der Waals surface area contributed by atoms with Crippen molar-refractivity contribution in [3.63, 3.8) is 0 Å². The van der Waals surface area contributed by atoms with Crippen LogP contribution in [0.1, 0.15) is 31.9 Å². The van der Waals surface area contributed by atoms with Crippen molar-refractivity contribution in [3.05, 3.63) is 36.0 Å². The predicted molar refractivity (Wildman–Crippen MR) is 89.7 cm³/mol. The number of fused-ring (bicyclic) bond motifs is 1. The van der Waals surface area contributed by atoms with Crippen molar-refractivity contribution in [2.45, 2.75) is 38.3 Å². The largest absolute Gasteiger partial charge is 0.389 e. The molecular formula is C19H26N2O. The number of aliphatic hydroxyl groups is 1. The summed E-state index contributed by atoms with van der Waals surface area (Å²) in [5.41, 5.74) is 2.28. The Morgan fingerprint density at radius 1 is 1.27 bits per heavy atom. The molecule has 2 aromatic rings. The topological polar surface area (TPSA) is 28.4 Å². The van der Waals surface area contributed by atoms with E-state index in [1.54, 1.807) is 0 Å². The molecule has 2 fully saturated rings. The second-order valence-corrected chi connectivity index (χ2v) is 7.41. The Morgan fingerprint density at radius 2 is 2.05 bits per heavy atom. The third-order valence-corrected chi connectivity index (χ3v) is 5.93. The van der Waals surface area contributed by atoms with Crippen LogP contribution in [-0.4, -0.2) is 33.3 Å². The average Bonchev–Trinajstić information content (AvgIpc) is 3.31. The van der Waals surface area contributed by atoms with Gasteiger partial charge in [-0.05, 0) is 48.6 Å². The lowest BCUT2D eigenvalue weighted by molar-refractivity contribution is -0.0835. The zero-order valence-corrected chi connectivity index (χ0v) is 13.6. The molecular weight excluding hydrogens is 272 g/mol. The number of hydrogen-bond donors (Lipinski definition) is 1. The molecule has 1 N–H and O–H groups in total. The molecule has 1 aliphatic carbocycles. The van der Waals surface area contributed by atoms with Crippen LogP contribution in [0.2, 0.25) is 0 Å². The van der Waals surface area contributed by atoms with Crippen LogP contribution in [0, 0.1) is 11.8 Å². The van der Waals surface area contributed by atoms with E-state index >= 15 is 0 Å². The molecule has 1 saturated heterocycles. The highest BCUT2D eigenvalue weighted by Crippen LogP contribution is 2.47. The maximum Gasteiger partial charge on any atom is 0.0725 e. The maximum absolute atomic E-state index is 10.9. The van der Waals surface area contributed by atoms with Gasteiger partial charge < -0.3 is 9.67 Å². The van der Waals surface area contributed by atoms with Crippen molar-refractivity contribution in [2.75, 3.05) is 13.1 Å². The lowest BCUT2D eigenvalue weighted by atomic mass is 9.78. The second-order valence-electron chi connectivity index (χ2n) is 7.41. The Labute approximate surface area is 132 Å². The first-order valence-electron chi connectivity index (χ1n) is 8.56. The smallest absolute Gasteiger partial charge is 0.0725 e. The van der Waals surface area contributed by atoms with Crippen LogP contribution >= 0.6 is 0 Å². The Morgan fingerprint density at radius 3 is 2.73 bits per heavy atom. The number of aromatic nitrogens is 1. The van der Waals surface area contributed by atoms with Crippen LogP contribution in [0.5, 0.6) is 0 Å². The van der Waals surface area contributed by atoms with Gasteiger partial charge in [0.2, 0.25) is 0 Å². The average molecular weight is 298 g/mol. The van der Waals surface area contributed by atoms with Crippen LogP contribution in [0.25, 0.3) is 10.9 Å². The summed E-state index contributed by atoms with van der Waals surface area (Å²) in [6.07, 6.45) is 3.39. The zero-order chi connectivity index (χ0) is 15.3. The van der Waals surface area contributed by atoms with Gasteiger partial charge in [-0.2, -0.15) is 0 Å². The normalized spacial score (nSPS) is 30.0. The molecule has 0 bridgehead atoms. The monoisotopic (exact) mass is 298 g/mol. The van der Waals surface area contributed by atoms with Gasteiger partial charge in [-0.1, -0.05) is 25.1 Å². The van der Waals surface area contributed by atoms with Gasteiger partial charge in [-0.3, -0.25) is 4.90 Å². The Hall–Kier alpha value is -1.32. The molecule has 22 heavy (non-hydrogen) atoms. The molecule has 0 amide bonds. The minimum absolute atomic E-state index is 0.378. The molecule has 4 rings (SSSR count). The van der Waals surface area contributed by atoms with Gasteiger partial charge >= 0.3 is 0 Å². The summed E-state index contributed by atoms with van der Waals surface area (Å²) < 4.78 is 2.31. The van der Waals surface area contributed by atoms with Crippen molar-refractivity contribution in [1.29, 1.82) is 0 Å². The van der Waals surface area contributed by atoms with Crippen molar-refractivity contribution in [3.8, 4) is 0 Å². The summed E-state index contributed by atoms with van der Waals surface area (Å²) in [5.74, 6) is 0.950. The molecule has 3 heteroatoms. The highest BCUT2D eigenvalue weighted by molar-refractivity contribution is 5.81. The molecule has 1 saturated carbocycles. The molecule has 2 heterocycles. The van der Waals surface area contributed by atoms with E-state index in [0.717, 1.165) is 26.1 Å². The third kappa shape index (κ3) is 2.27. The van der Waals surface area contributed by atoms with Crippen LogP contribution < -0.4 is 0 Å². The van der Waals surface area contributed by atoms with Crippen LogP contribution in [0.3, 0.4) is 0 Å². The van der Waals surface area contributed by atoms with E-state index in [9.17, 15) is 5.11 Å². The molecule has 1 aliphatic heterocycles. The standard InChI is InChI=1S/C19H26N2O/c1-14-12-21(10-9-19(14,22)16-7-8-16)13-17-11-15-5-3-4-6-18(15)20(17)2/h3-6,11,14,16,22H,7-10,12-13H2,1-2H3/t14-,19+/m1/s1. The zero-order valence-electron chi connectivity index (χ0n) is 13.6. The number of rotatable bonds is 3.